The molecule has 0 bridgehead atoms. The number of anilines is 1. The first kappa shape index (κ1) is 11.4. The molecule has 15 heavy (non-hydrogen) atoms. The standard InChI is InChI=1S/C9H11F2N3O/c1-3-6-4-13-8(14-7(6)12)15-5-9(2,10)11/h3-4H,1,5H2,2H3,(H2,12,13,14). The topological polar surface area (TPSA) is 61.0 Å². The van der Waals surface area contributed by atoms with E-state index in [-0.39, 0.29) is 11.8 Å². The fourth-order valence-corrected chi connectivity index (χ4v) is 0.805. The maximum absolute atomic E-state index is 12.4. The van der Waals surface area contributed by atoms with Crippen molar-refractivity contribution in [1.82, 2.24) is 9.97 Å². The van der Waals surface area contributed by atoms with E-state index in [4.69, 9.17) is 5.73 Å². The zero-order valence-corrected chi connectivity index (χ0v) is 8.20. The number of alkyl halides is 2. The van der Waals surface area contributed by atoms with E-state index in [1.165, 1.54) is 12.3 Å². The Labute approximate surface area is 85.8 Å². The van der Waals surface area contributed by atoms with Crippen LogP contribution in [0.5, 0.6) is 6.01 Å². The Morgan fingerprint density at radius 1 is 1.67 bits per heavy atom. The van der Waals surface area contributed by atoms with Gasteiger partial charge in [-0.05, 0) is 0 Å². The van der Waals surface area contributed by atoms with E-state index in [2.05, 4.69) is 21.3 Å². The molecule has 1 rings (SSSR count). The summed E-state index contributed by atoms with van der Waals surface area (Å²) in [6.45, 7) is 3.45. The zero-order chi connectivity index (χ0) is 11.5. The molecule has 0 spiro atoms. The van der Waals surface area contributed by atoms with Crippen molar-refractivity contribution >= 4 is 11.9 Å². The minimum absolute atomic E-state index is 0.148. The van der Waals surface area contributed by atoms with Crippen LogP contribution in [0.2, 0.25) is 0 Å². The van der Waals surface area contributed by atoms with E-state index < -0.39 is 12.5 Å². The van der Waals surface area contributed by atoms with Crippen LogP contribution in [0.25, 0.3) is 6.08 Å². The van der Waals surface area contributed by atoms with Gasteiger partial charge in [-0.3, -0.25) is 0 Å². The molecule has 6 heteroatoms. The highest BCUT2D eigenvalue weighted by Gasteiger charge is 2.22. The molecule has 0 unspecified atom stereocenters. The van der Waals surface area contributed by atoms with Gasteiger partial charge in [-0.1, -0.05) is 12.7 Å². The SMILES string of the molecule is C=Cc1cnc(OCC(C)(F)F)nc1N. The van der Waals surface area contributed by atoms with Crippen molar-refractivity contribution in [1.29, 1.82) is 0 Å². The van der Waals surface area contributed by atoms with Crippen LogP contribution in [0, 0.1) is 0 Å². The van der Waals surface area contributed by atoms with Gasteiger partial charge in [0.25, 0.3) is 5.92 Å². The Morgan fingerprint density at radius 3 is 2.80 bits per heavy atom. The van der Waals surface area contributed by atoms with Crippen LogP contribution in [-0.2, 0) is 0 Å². The Kier molecular flexibility index (Phi) is 3.18. The first-order valence-corrected chi connectivity index (χ1v) is 4.18. The Morgan fingerprint density at radius 2 is 2.33 bits per heavy atom. The number of hydrogen-bond acceptors (Lipinski definition) is 4. The maximum Gasteiger partial charge on any atom is 0.318 e. The third-order valence-corrected chi connectivity index (χ3v) is 1.50. The lowest BCUT2D eigenvalue weighted by Gasteiger charge is -2.10. The van der Waals surface area contributed by atoms with Crippen molar-refractivity contribution in [3.05, 3.63) is 18.3 Å². The number of nitrogens with zero attached hydrogens (tertiary/aromatic N) is 2. The summed E-state index contributed by atoms with van der Waals surface area (Å²) in [5, 5.41) is 0. The highest BCUT2D eigenvalue weighted by molar-refractivity contribution is 5.58. The second-order valence-corrected chi connectivity index (χ2v) is 3.06. The molecule has 0 aliphatic heterocycles. The van der Waals surface area contributed by atoms with Gasteiger partial charge in [-0.25, -0.2) is 13.8 Å². The van der Waals surface area contributed by atoms with Crippen LogP contribution in [0.15, 0.2) is 12.8 Å². The van der Waals surface area contributed by atoms with Crippen LogP contribution >= 0.6 is 0 Å². The summed E-state index contributed by atoms with van der Waals surface area (Å²) in [4.78, 5) is 7.38. The Balaban J connectivity index is 2.72. The van der Waals surface area contributed by atoms with Gasteiger partial charge in [0.05, 0.1) is 0 Å². The monoisotopic (exact) mass is 215 g/mol. The molecule has 0 saturated carbocycles. The molecule has 2 N–H and O–H groups in total. The lowest BCUT2D eigenvalue weighted by molar-refractivity contribution is -0.0256. The first-order chi connectivity index (χ1) is 6.92. The minimum Gasteiger partial charge on any atom is -0.457 e. The molecular weight excluding hydrogens is 204 g/mol. The summed E-state index contributed by atoms with van der Waals surface area (Å²) in [5.74, 6) is -2.77. The second kappa shape index (κ2) is 4.20. The quantitative estimate of drug-likeness (QED) is 0.830. The summed E-state index contributed by atoms with van der Waals surface area (Å²) in [7, 11) is 0. The third-order valence-electron chi connectivity index (χ3n) is 1.50. The summed E-state index contributed by atoms with van der Waals surface area (Å²) in [6.07, 6.45) is 2.83. The molecule has 4 nitrogen and oxygen atoms in total. The van der Waals surface area contributed by atoms with Crippen molar-refractivity contribution in [3.8, 4) is 6.01 Å². The van der Waals surface area contributed by atoms with Crippen molar-refractivity contribution in [3.63, 3.8) is 0 Å². The highest BCUT2D eigenvalue weighted by Crippen LogP contribution is 2.16. The second-order valence-electron chi connectivity index (χ2n) is 3.06. The number of halogens is 2. The molecular formula is C9H11F2N3O. The van der Waals surface area contributed by atoms with E-state index in [9.17, 15) is 8.78 Å². The zero-order valence-electron chi connectivity index (χ0n) is 8.20. The molecule has 0 aliphatic rings. The molecule has 0 amide bonds. The van der Waals surface area contributed by atoms with E-state index in [0.717, 1.165) is 6.92 Å². The molecule has 0 saturated heterocycles. The van der Waals surface area contributed by atoms with E-state index >= 15 is 0 Å². The smallest absolute Gasteiger partial charge is 0.318 e. The van der Waals surface area contributed by atoms with E-state index in [1.807, 2.05) is 0 Å². The molecule has 0 aromatic carbocycles. The van der Waals surface area contributed by atoms with Gasteiger partial charge >= 0.3 is 6.01 Å². The molecule has 0 radical (unpaired) electrons. The van der Waals surface area contributed by atoms with Crippen molar-refractivity contribution < 1.29 is 13.5 Å². The molecule has 0 aliphatic carbocycles. The molecule has 0 fully saturated rings. The number of nitrogens with two attached hydrogens (primary N) is 1. The van der Waals surface area contributed by atoms with E-state index in [0.29, 0.717) is 5.56 Å². The van der Waals surface area contributed by atoms with E-state index in [1.54, 1.807) is 0 Å². The predicted molar refractivity (Wildman–Crippen MR) is 52.7 cm³/mol. The Bertz CT molecular complexity index is 363. The largest absolute Gasteiger partial charge is 0.457 e. The van der Waals surface area contributed by atoms with Crippen LogP contribution in [-0.4, -0.2) is 22.5 Å². The van der Waals surface area contributed by atoms with Gasteiger partial charge < -0.3 is 10.5 Å². The van der Waals surface area contributed by atoms with Gasteiger partial charge in [0.2, 0.25) is 0 Å². The van der Waals surface area contributed by atoms with Gasteiger partial charge in [-0.15, -0.1) is 0 Å². The maximum atomic E-state index is 12.4. The third kappa shape index (κ3) is 3.49. The average Bonchev–Trinajstić information content (AvgIpc) is 2.14. The van der Waals surface area contributed by atoms with Crippen molar-refractivity contribution in [2.24, 2.45) is 0 Å². The normalized spacial score (nSPS) is 11.1. The number of rotatable bonds is 4. The number of ether oxygens (including phenoxy) is 1. The molecule has 1 aromatic heterocycles. The molecule has 1 aromatic rings. The predicted octanol–water partition coefficient (Wildman–Crippen LogP) is 1.74. The number of hydrogen-bond donors (Lipinski definition) is 1. The molecule has 1 heterocycles. The Hall–Kier alpha value is -1.72. The van der Waals surface area contributed by atoms with Crippen LogP contribution < -0.4 is 10.5 Å². The molecule has 82 valence electrons. The number of nitrogen functional groups attached to an aromatic ring is 1. The number of aromatic nitrogens is 2. The van der Waals surface area contributed by atoms with Crippen molar-refractivity contribution in [2.75, 3.05) is 12.3 Å². The molecule has 0 atom stereocenters. The summed E-state index contributed by atoms with van der Waals surface area (Å²) < 4.78 is 29.5. The van der Waals surface area contributed by atoms with Crippen LogP contribution in [0.4, 0.5) is 14.6 Å². The summed E-state index contributed by atoms with van der Waals surface area (Å²) in [6, 6.07) is -0.167. The van der Waals surface area contributed by atoms with Gasteiger partial charge in [0.1, 0.15) is 5.82 Å². The van der Waals surface area contributed by atoms with Crippen LogP contribution in [0.3, 0.4) is 0 Å². The van der Waals surface area contributed by atoms with Gasteiger partial charge in [-0.2, -0.15) is 4.98 Å². The lowest BCUT2D eigenvalue weighted by atomic mass is 10.3. The van der Waals surface area contributed by atoms with Crippen LogP contribution in [0.1, 0.15) is 12.5 Å². The lowest BCUT2D eigenvalue weighted by Crippen LogP contribution is -2.21. The average molecular weight is 215 g/mol. The summed E-state index contributed by atoms with van der Waals surface area (Å²) >= 11 is 0. The van der Waals surface area contributed by atoms with Crippen molar-refractivity contribution in [2.45, 2.75) is 12.8 Å². The van der Waals surface area contributed by atoms with Gasteiger partial charge in [0.15, 0.2) is 6.61 Å². The minimum atomic E-state index is -2.92. The first-order valence-electron chi connectivity index (χ1n) is 4.18. The highest BCUT2D eigenvalue weighted by atomic mass is 19.3. The fourth-order valence-electron chi connectivity index (χ4n) is 0.805. The fraction of sp³-hybridized carbons (Fsp3) is 0.333. The van der Waals surface area contributed by atoms with Gasteiger partial charge in [0, 0.05) is 18.7 Å². The summed E-state index contributed by atoms with van der Waals surface area (Å²) in [5.41, 5.74) is 6.01.